The standard InChI is InChI=1S/C27H31N/c1-21(2)26(20-19-23-13-7-4-8-14-23)28-22(3)27(24-15-9-5-10-16-24)25-17-11-6-12-18-25/h4-5,7-11,13-18,26-28H,1,3,6,12,19-20H2,2H3. The fourth-order valence-corrected chi connectivity index (χ4v) is 3.79. The summed E-state index contributed by atoms with van der Waals surface area (Å²) in [6.07, 6.45) is 11.1. The lowest BCUT2D eigenvalue weighted by Gasteiger charge is -2.29. The molecule has 2 aromatic carbocycles. The number of hydrogen-bond acceptors (Lipinski definition) is 1. The maximum atomic E-state index is 4.46. The minimum atomic E-state index is 0.163. The van der Waals surface area contributed by atoms with Crippen molar-refractivity contribution in [3.05, 3.63) is 120 Å². The Kier molecular flexibility index (Phi) is 7.08. The van der Waals surface area contributed by atoms with Gasteiger partial charge in [0.05, 0.1) is 0 Å². The van der Waals surface area contributed by atoms with Crippen LogP contribution in [0.4, 0.5) is 0 Å². The van der Waals surface area contributed by atoms with Gasteiger partial charge >= 0.3 is 0 Å². The van der Waals surface area contributed by atoms with Crippen LogP contribution < -0.4 is 5.32 Å². The van der Waals surface area contributed by atoms with Crippen LogP contribution >= 0.6 is 0 Å². The molecule has 0 heterocycles. The maximum absolute atomic E-state index is 4.46. The number of nitrogens with one attached hydrogen (secondary N) is 1. The van der Waals surface area contributed by atoms with Gasteiger partial charge < -0.3 is 5.32 Å². The molecule has 0 amide bonds. The first-order valence-electron chi connectivity index (χ1n) is 10.2. The Morgan fingerprint density at radius 3 is 2.25 bits per heavy atom. The zero-order valence-electron chi connectivity index (χ0n) is 16.9. The highest BCUT2D eigenvalue weighted by Gasteiger charge is 2.22. The van der Waals surface area contributed by atoms with Crippen LogP contribution in [-0.4, -0.2) is 6.04 Å². The number of aryl methyl sites for hydroxylation is 1. The molecule has 0 bridgehead atoms. The Balaban J connectivity index is 1.76. The van der Waals surface area contributed by atoms with E-state index >= 15 is 0 Å². The molecule has 0 fully saturated rings. The molecule has 1 aliphatic carbocycles. The van der Waals surface area contributed by atoms with Crippen molar-refractivity contribution in [1.82, 2.24) is 5.32 Å². The lowest BCUT2D eigenvalue weighted by molar-refractivity contribution is 0.572. The quantitative estimate of drug-likeness (QED) is 0.483. The van der Waals surface area contributed by atoms with Crippen molar-refractivity contribution in [3.63, 3.8) is 0 Å². The molecule has 3 rings (SSSR count). The van der Waals surface area contributed by atoms with E-state index in [1.54, 1.807) is 0 Å². The van der Waals surface area contributed by atoms with Gasteiger partial charge in [0.2, 0.25) is 0 Å². The van der Waals surface area contributed by atoms with Crippen molar-refractivity contribution in [3.8, 4) is 0 Å². The Bertz CT molecular complexity index is 842. The van der Waals surface area contributed by atoms with Crippen LogP contribution in [0, 0.1) is 0 Å². The smallest absolute Gasteiger partial charge is 0.0478 e. The second kappa shape index (κ2) is 9.94. The van der Waals surface area contributed by atoms with E-state index in [1.807, 2.05) is 0 Å². The minimum absolute atomic E-state index is 0.163. The van der Waals surface area contributed by atoms with Crippen molar-refractivity contribution in [2.24, 2.45) is 0 Å². The lowest BCUT2D eigenvalue weighted by Crippen LogP contribution is -2.32. The number of benzene rings is 2. The summed E-state index contributed by atoms with van der Waals surface area (Å²) in [6, 6.07) is 21.5. The summed E-state index contributed by atoms with van der Waals surface area (Å²) in [5, 5.41) is 3.71. The number of hydrogen-bond donors (Lipinski definition) is 1. The predicted molar refractivity (Wildman–Crippen MR) is 121 cm³/mol. The third kappa shape index (κ3) is 5.36. The Morgan fingerprint density at radius 2 is 1.64 bits per heavy atom. The van der Waals surface area contributed by atoms with Crippen LogP contribution in [-0.2, 0) is 6.42 Å². The van der Waals surface area contributed by atoms with Gasteiger partial charge in [0, 0.05) is 17.7 Å². The van der Waals surface area contributed by atoms with Gasteiger partial charge in [-0.2, -0.15) is 0 Å². The van der Waals surface area contributed by atoms with E-state index in [1.165, 1.54) is 16.7 Å². The molecule has 144 valence electrons. The molecule has 0 saturated heterocycles. The Morgan fingerprint density at radius 1 is 0.964 bits per heavy atom. The van der Waals surface area contributed by atoms with Crippen LogP contribution in [0.25, 0.3) is 0 Å². The van der Waals surface area contributed by atoms with Gasteiger partial charge in [-0.1, -0.05) is 97.6 Å². The average Bonchev–Trinajstić information content (AvgIpc) is 2.73. The highest BCUT2D eigenvalue weighted by atomic mass is 14.9. The first-order valence-corrected chi connectivity index (χ1v) is 10.2. The summed E-state index contributed by atoms with van der Waals surface area (Å²) in [5.74, 6) is 0.163. The van der Waals surface area contributed by atoms with Crippen molar-refractivity contribution in [2.45, 2.75) is 44.6 Å². The predicted octanol–water partition coefficient (Wildman–Crippen LogP) is 6.73. The molecule has 1 heteroatoms. The summed E-state index contributed by atoms with van der Waals surface area (Å²) in [7, 11) is 0. The molecule has 0 aromatic heterocycles. The molecular weight excluding hydrogens is 338 g/mol. The molecule has 1 aliphatic rings. The van der Waals surface area contributed by atoms with Crippen LogP contribution in [0.15, 0.2) is 109 Å². The molecule has 1 N–H and O–H groups in total. The first-order chi connectivity index (χ1) is 13.6. The molecule has 28 heavy (non-hydrogen) atoms. The summed E-state index contributed by atoms with van der Waals surface area (Å²) in [5.41, 5.74) is 6.17. The fraction of sp³-hybridized carbons (Fsp3) is 0.259. The van der Waals surface area contributed by atoms with E-state index in [9.17, 15) is 0 Å². The van der Waals surface area contributed by atoms with Crippen molar-refractivity contribution in [1.29, 1.82) is 0 Å². The molecule has 2 unspecified atom stereocenters. The van der Waals surface area contributed by atoms with E-state index in [2.05, 4.69) is 104 Å². The normalized spacial score (nSPS) is 15.4. The van der Waals surface area contributed by atoms with Gasteiger partial charge in [-0.25, -0.2) is 0 Å². The lowest BCUT2D eigenvalue weighted by atomic mass is 9.85. The van der Waals surface area contributed by atoms with Crippen LogP contribution in [0.3, 0.4) is 0 Å². The zero-order valence-corrected chi connectivity index (χ0v) is 16.9. The maximum Gasteiger partial charge on any atom is 0.0478 e. The summed E-state index contributed by atoms with van der Waals surface area (Å²) < 4.78 is 0. The fourth-order valence-electron chi connectivity index (χ4n) is 3.79. The van der Waals surface area contributed by atoms with Crippen LogP contribution in [0.5, 0.6) is 0 Å². The van der Waals surface area contributed by atoms with Gasteiger partial charge in [-0.15, -0.1) is 0 Å². The van der Waals surface area contributed by atoms with Crippen molar-refractivity contribution < 1.29 is 0 Å². The molecule has 1 nitrogen and oxygen atoms in total. The Hall–Kier alpha value is -2.80. The van der Waals surface area contributed by atoms with Gasteiger partial charge in [0.1, 0.15) is 0 Å². The molecule has 2 aromatic rings. The second-order valence-electron chi connectivity index (χ2n) is 7.62. The number of rotatable bonds is 9. The van der Waals surface area contributed by atoms with Crippen LogP contribution in [0.2, 0.25) is 0 Å². The molecular formula is C27H31N. The van der Waals surface area contributed by atoms with Gasteiger partial charge in [0.15, 0.2) is 0 Å². The SMILES string of the molecule is C=C(C)C(CCc1ccccc1)NC(=C)C(C1=CCCC=C1)c1ccccc1. The van der Waals surface area contributed by atoms with Gasteiger partial charge in [-0.3, -0.25) is 0 Å². The molecule has 0 radical (unpaired) electrons. The van der Waals surface area contributed by atoms with Crippen LogP contribution in [0.1, 0.15) is 43.2 Å². The number of allylic oxidation sites excluding steroid dienone is 4. The highest BCUT2D eigenvalue weighted by molar-refractivity contribution is 5.43. The third-order valence-corrected chi connectivity index (χ3v) is 5.36. The summed E-state index contributed by atoms with van der Waals surface area (Å²) in [4.78, 5) is 0. The van der Waals surface area contributed by atoms with Crippen molar-refractivity contribution >= 4 is 0 Å². The van der Waals surface area contributed by atoms with E-state index in [-0.39, 0.29) is 12.0 Å². The highest BCUT2D eigenvalue weighted by Crippen LogP contribution is 2.33. The average molecular weight is 370 g/mol. The molecule has 0 aliphatic heterocycles. The first kappa shape index (κ1) is 19.9. The summed E-state index contributed by atoms with van der Waals surface area (Å²) >= 11 is 0. The summed E-state index contributed by atoms with van der Waals surface area (Å²) in [6.45, 7) is 10.8. The third-order valence-electron chi connectivity index (χ3n) is 5.36. The van der Waals surface area contributed by atoms with E-state index in [0.717, 1.165) is 37.0 Å². The topological polar surface area (TPSA) is 12.0 Å². The van der Waals surface area contributed by atoms with Crippen molar-refractivity contribution in [2.75, 3.05) is 0 Å². The molecule has 2 atom stereocenters. The van der Waals surface area contributed by atoms with E-state index in [4.69, 9.17) is 0 Å². The monoisotopic (exact) mass is 369 g/mol. The van der Waals surface area contributed by atoms with Gasteiger partial charge in [0.25, 0.3) is 0 Å². The minimum Gasteiger partial charge on any atom is -0.382 e. The second-order valence-corrected chi connectivity index (χ2v) is 7.62. The largest absolute Gasteiger partial charge is 0.382 e. The Labute approximate surface area is 170 Å². The van der Waals surface area contributed by atoms with E-state index < -0.39 is 0 Å². The van der Waals surface area contributed by atoms with Gasteiger partial charge in [-0.05, 0) is 49.3 Å². The molecule has 0 saturated carbocycles. The zero-order chi connectivity index (χ0) is 19.8. The van der Waals surface area contributed by atoms with E-state index in [0.29, 0.717) is 0 Å². The molecule has 0 spiro atoms.